The zero-order valence-corrected chi connectivity index (χ0v) is 12.7. The minimum absolute atomic E-state index is 0.0230. The molecule has 2 aromatic carbocycles. The summed E-state index contributed by atoms with van der Waals surface area (Å²) in [6, 6.07) is 11.1. The predicted octanol–water partition coefficient (Wildman–Crippen LogP) is 3.82. The quantitative estimate of drug-likeness (QED) is 0.814. The summed E-state index contributed by atoms with van der Waals surface area (Å²) in [6.07, 6.45) is 1.92. The van der Waals surface area contributed by atoms with Crippen LogP contribution in [0.3, 0.4) is 0 Å². The second kappa shape index (κ2) is 5.41. The van der Waals surface area contributed by atoms with Crippen LogP contribution in [0.25, 0.3) is 0 Å². The summed E-state index contributed by atoms with van der Waals surface area (Å²) >= 11 is 5.97. The number of benzene rings is 2. The monoisotopic (exact) mass is 300 g/mol. The van der Waals surface area contributed by atoms with E-state index in [9.17, 15) is 4.79 Å². The SMILES string of the molecule is Cc1cc(Cl)ccc1C(=O)N1CCCc2cc(N)ccc21. The van der Waals surface area contributed by atoms with Crippen LogP contribution in [-0.4, -0.2) is 12.5 Å². The van der Waals surface area contributed by atoms with E-state index in [0.717, 1.165) is 41.9 Å². The molecular formula is C17H17ClN2O. The van der Waals surface area contributed by atoms with Crippen LogP contribution in [0.15, 0.2) is 36.4 Å². The Morgan fingerprint density at radius 2 is 2.05 bits per heavy atom. The minimum atomic E-state index is 0.0230. The Morgan fingerprint density at radius 3 is 2.81 bits per heavy atom. The summed E-state index contributed by atoms with van der Waals surface area (Å²) in [6.45, 7) is 2.64. The highest BCUT2D eigenvalue weighted by Crippen LogP contribution is 2.30. The summed E-state index contributed by atoms with van der Waals surface area (Å²) in [5.74, 6) is 0.0230. The number of nitrogen functional groups attached to an aromatic ring is 1. The number of anilines is 2. The van der Waals surface area contributed by atoms with Crippen LogP contribution in [-0.2, 0) is 6.42 Å². The van der Waals surface area contributed by atoms with Crippen LogP contribution in [0.5, 0.6) is 0 Å². The van der Waals surface area contributed by atoms with Crippen molar-refractivity contribution in [1.29, 1.82) is 0 Å². The van der Waals surface area contributed by atoms with Crippen LogP contribution in [0.1, 0.15) is 27.9 Å². The maximum Gasteiger partial charge on any atom is 0.258 e. The zero-order valence-electron chi connectivity index (χ0n) is 11.9. The molecule has 0 aromatic heterocycles. The van der Waals surface area contributed by atoms with E-state index < -0.39 is 0 Å². The topological polar surface area (TPSA) is 46.3 Å². The molecule has 1 aliphatic rings. The lowest BCUT2D eigenvalue weighted by molar-refractivity contribution is 0.0984. The van der Waals surface area contributed by atoms with Gasteiger partial charge in [-0.3, -0.25) is 4.79 Å². The largest absolute Gasteiger partial charge is 0.399 e. The molecule has 0 radical (unpaired) electrons. The van der Waals surface area contributed by atoms with Gasteiger partial charge in [0.1, 0.15) is 0 Å². The summed E-state index contributed by atoms with van der Waals surface area (Å²) in [5, 5.41) is 0.649. The van der Waals surface area contributed by atoms with Gasteiger partial charge < -0.3 is 10.6 Å². The zero-order chi connectivity index (χ0) is 15.0. The minimum Gasteiger partial charge on any atom is -0.399 e. The van der Waals surface area contributed by atoms with Crippen LogP contribution in [0, 0.1) is 6.92 Å². The van der Waals surface area contributed by atoms with E-state index in [1.165, 1.54) is 0 Å². The smallest absolute Gasteiger partial charge is 0.258 e. The fourth-order valence-electron chi connectivity index (χ4n) is 2.84. The number of aryl methyl sites for hydroxylation is 2. The first kappa shape index (κ1) is 14.0. The number of hydrogen-bond acceptors (Lipinski definition) is 2. The van der Waals surface area contributed by atoms with E-state index >= 15 is 0 Å². The normalized spacial score (nSPS) is 13.9. The molecule has 2 aromatic rings. The maximum absolute atomic E-state index is 12.8. The summed E-state index contributed by atoms with van der Waals surface area (Å²) in [4.78, 5) is 14.7. The van der Waals surface area contributed by atoms with Crippen molar-refractivity contribution in [3.05, 3.63) is 58.1 Å². The van der Waals surface area contributed by atoms with E-state index in [1.807, 2.05) is 36.1 Å². The van der Waals surface area contributed by atoms with Gasteiger partial charge in [0.15, 0.2) is 0 Å². The average Bonchev–Trinajstić information content (AvgIpc) is 2.45. The Balaban J connectivity index is 2.00. The number of nitrogens with zero attached hydrogens (tertiary/aromatic N) is 1. The Labute approximate surface area is 129 Å². The molecule has 1 aliphatic heterocycles. The van der Waals surface area contributed by atoms with Gasteiger partial charge >= 0.3 is 0 Å². The van der Waals surface area contributed by atoms with E-state index in [2.05, 4.69) is 0 Å². The lowest BCUT2D eigenvalue weighted by Crippen LogP contribution is -2.35. The van der Waals surface area contributed by atoms with Crippen molar-refractivity contribution in [1.82, 2.24) is 0 Å². The number of carbonyl (C=O) groups excluding carboxylic acids is 1. The third kappa shape index (κ3) is 2.61. The highest BCUT2D eigenvalue weighted by molar-refractivity contribution is 6.30. The second-order valence-corrected chi connectivity index (χ2v) is 5.84. The predicted molar refractivity (Wildman–Crippen MR) is 87.0 cm³/mol. The fraction of sp³-hybridized carbons (Fsp3) is 0.235. The first-order chi connectivity index (χ1) is 10.1. The molecule has 1 heterocycles. The number of amides is 1. The van der Waals surface area contributed by atoms with Gasteiger partial charge in [0.25, 0.3) is 5.91 Å². The molecule has 3 rings (SSSR count). The third-order valence-electron chi connectivity index (χ3n) is 3.89. The van der Waals surface area contributed by atoms with E-state index in [0.29, 0.717) is 10.6 Å². The van der Waals surface area contributed by atoms with Gasteiger partial charge in [-0.05, 0) is 67.3 Å². The molecule has 4 heteroatoms. The van der Waals surface area contributed by atoms with Crippen molar-refractivity contribution >= 4 is 28.9 Å². The van der Waals surface area contributed by atoms with Crippen molar-refractivity contribution < 1.29 is 4.79 Å². The number of fused-ring (bicyclic) bond motifs is 1. The number of hydrogen-bond donors (Lipinski definition) is 1. The van der Waals surface area contributed by atoms with Crippen LogP contribution >= 0.6 is 11.6 Å². The van der Waals surface area contributed by atoms with E-state index in [-0.39, 0.29) is 5.91 Å². The Kier molecular flexibility index (Phi) is 3.60. The van der Waals surface area contributed by atoms with E-state index in [4.69, 9.17) is 17.3 Å². The summed E-state index contributed by atoms with van der Waals surface area (Å²) in [5.41, 5.74) is 10.3. The second-order valence-electron chi connectivity index (χ2n) is 5.41. The molecule has 0 fully saturated rings. The molecule has 0 atom stereocenters. The summed E-state index contributed by atoms with van der Waals surface area (Å²) in [7, 11) is 0. The molecule has 0 saturated heterocycles. The number of rotatable bonds is 1. The molecule has 0 unspecified atom stereocenters. The number of carbonyl (C=O) groups is 1. The molecule has 2 N–H and O–H groups in total. The van der Waals surface area contributed by atoms with Crippen molar-refractivity contribution in [3.8, 4) is 0 Å². The molecule has 0 aliphatic carbocycles. The molecule has 3 nitrogen and oxygen atoms in total. The first-order valence-corrected chi connectivity index (χ1v) is 7.40. The average molecular weight is 301 g/mol. The van der Waals surface area contributed by atoms with Gasteiger partial charge in [-0.1, -0.05) is 11.6 Å². The third-order valence-corrected chi connectivity index (χ3v) is 4.12. The molecule has 21 heavy (non-hydrogen) atoms. The summed E-state index contributed by atoms with van der Waals surface area (Å²) < 4.78 is 0. The van der Waals surface area contributed by atoms with Gasteiger partial charge in [-0.2, -0.15) is 0 Å². The molecule has 0 bridgehead atoms. The van der Waals surface area contributed by atoms with Crippen molar-refractivity contribution in [3.63, 3.8) is 0 Å². The van der Waals surface area contributed by atoms with Crippen LogP contribution in [0.4, 0.5) is 11.4 Å². The number of halogens is 1. The van der Waals surface area contributed by atoms with Gasteiger partial charge in [-0.25, -0.2) is 0 Å². The van der Waals surface area contributed by atoms with Gasteiger partial charge in [0, 0.05) is 28.5 Å². The van der Waals surface area contributed by atoms with Crippen LogP contribution in [0.2, 0.25) is 5.02 Å². The van der Waals surface area contributed by atoms with Gasteiger partial charge in [-0.15, -0.1) is 0 Å². The van der Waals surface area contributed by atoms with E-state index in [1.54, 1.807) is 12.1 Å². The lowest BCUT2D eigenvalue weighted by Gasteiger charge is -2.30. The van der Waals surface area contributed by atoms with Crippen molar-refractivity contribution in [2.24, 2.45) is 0 Å². The Bertz CT molecular complexity index is 712. The Morgan fingerprint density at radius 1 is 1.24 bits per heavy atom. The molecule has 0 saturated carbocycles. The first-order valence-electron chi connectivity index (χ1n) is 7.02. The molecule has 0 spiro atoms. The van der Waals surface area contributed by atoms with Gasteiger partial charge in [0.2, 0.25) is 0 Å². The fourth-order valence-corrected chi connectivity index (χ4v) is 3.07. The van der Waals surface area contributed by atoms with Crippen LogP contribution < -0.4 is 10.6 Å². The molecular weight excluding hydrogens is 284 g/mol. The maximum atomic E-state index is 12.8. The molecule has 1 amide bonds. The highest BCUT2D eigenvalue weighted by Gasteiger charge is 2.24. The van der Waals surface area contributed by atoms with Crippen molar-refractivity contribution in [2.45, 2.75) is 19.8 Å². The lowest BCUT2D eigenvalue weighted by atomic mass is 9.99. The Hall–Kier alpha value is -2.00. The molecule has 108 valence electrons. The van der Waals surface area contributed by atoms with Gasteiger partial charge in [0.05, 0.1) is 0 Å². The highest BCUT2D eigenvalue weighted by atomic mass is 35.5. The van der Waals surface area contributed by atoms with Crippen molar-refractivity contribution in [2.75, 3.05) is 17.2 Å². The standard InChI is InChI=1S/C17H17ClN2O/c1-11-9-13(18)4-6-15(11)17(21)20-8-2-3-12-10-14(19)5-7-16(12)20/h4-7,9-10H,2-3,8,19H2,1H3. The number of nitrogens with two attached hydrogens (primary N) is 1.